The first-order valence-corrected chi connectivity index (χ1v) is 9.78. The fraction of sp³-hybridized carbons (Fsp3) is 0.421. The number of aromatic amines is 1. The van der Waals surface area contributed by atoms with E-state index in [2.05, 4.69) is 15.5 Å². The minimum absolute atomic E-state index is 0.0278. The van der Waals surface area contributed by atoms with Crippen LogP contribution in [0.3, 0.4) is 0 Å². The molecular formula is C19H20Cl2N4O2. The molecule has 2 heterocycles. The quantitative estimate of drug-likeness (QED) is 0.822. The van der Waals surface area contributed by atoms with Gasteiger partial charge in [-0.05, 0) is 49.4 Å². The van der Waals surface area contributed by atoms with E-state index in [1.54, 1.807) is 12.1 Å². The van der Waals surface area contributed by atoms with Gasteiger partial charge in [-0.1, -0.05) is 23.2 Å². The molecule has 1 aliphatic heterocycles. The highest BCUT2D eigenvalue weighted by molar-refractivity contribution is 6.35. The molecule has 2 aromatic rings. The molecule has 142 valence electrons. The lowest BCUT2D eigenvalue weighted by molar-refractivity contribution is -0.132. The van der Waals surface area contributed by atoms with E-state index in [9.17, 15) is 9.59 Å². The summed E-state index contributed by atoms with van der Waals surface area (Å²) in [7, 11) is 0. The Bertz CT molecular complexity index is 898. The topological polar surface area (TPSA) is 78.1 Å². The number of hydrogen-bond acceptors (Lipinski definition) is 3. The molecule has 2 aliphatic rings. The van der Waals surface area contributed by atoms with E-state index >= 15 is 0 Å². The molecule has 4 rings (SSSR count). The van der Waals surface area contributed by atoms with Crippen molar-refractivity contribution >= 4 is 35.0 Å². The number of rotatable bonds is 3. The zero-order valence-corrected chi connectivity index (χ0v) is 16.2. The Labute approximate surface area is 167 Å². The number of amides is 2. The van der Waals surface area contributed by atoms with Crippen molar-refractivity contribution in [2.45, 2.75) is 31.1 Å². The third kappa shape index (κ3) is 3.44. The summed E-state index contributed by atoms with van der Waals surface area (Å²) in [5.74, 6) is -0.493. The van der Waals surface area contributed by atoms with Gasteiger partial charge in [-0.25, -0.2) is 0 Å². The van der Waals surface area contributed by atoms with Gasteiger partial charge in [0.1, 0.15) is 0 Å². The van der Waals surface area contributed by atoms with E-state index in [0.717, 1.165) is 25.7 Å². The van der Waals surface area contributed by atoms with Crippen LogP contribution in [-0.4, -0.2) is 46.5 Å². The second-order valence-corrected chi connectivity index (χ2v) is 8.12. The number of halogens is 2. The van der Waals surface area contributed by atoms with Gasteiger partial charge in [-0.2, -0.15) is 5.10 Å². The average Bonchev–Trinajstić information content (AvgIpc) is 3.26. The maximum atomic E-state index is 12.7. The molecule has 1 atom stereocenters. The Morgan fingerprint density at radius 3 is 3.00 bits per heavy atom. The van der Waals surface area contributed by atoms with Crippen LogP contribution in [0.1, 0.15) is 40.9 Å². The number of aryl methyl sites for hydroxylation is 1. The van der Waals surface area contributed by atoms with Crippen LogP contribution in [0.5, 0.6) is 0 Å². The van der Waals surface area contributed by atoms with Crippen molar-refractivity contribution in [2.75, 3.05) is 19.6 Å². The first kappa shape index (κ1) is 18.3. The van der Waals surface area contributed by atoms with Gasteiger partial charge < -0.3 is 10.2 Å². The van der Waals surface area contributed by atoms with Gasteiger partial charge in [0.05, 0.1) is 23.3 Å². The minimum atomic E-state index is -0.403. The number of carbonyl (C=O) groups is 2. The third-order valence-electron chi connectivity index (χ3n) is 5.62. The predicted octanol–water partition coefficient (Wildman–Crippen LogP) is 2.95. The Hall–Kier alpha value is -2.05. The smallest absolute Gasteiger partial charge is 0.253 e. The van der Waals surface area contributed by atoms with Crippen LogP contribution in [-0.2, 0) is 16.6 Å². The first-order valence-electron chi connectivity index (χ1n) is 9.02. The molecule has 2 N–H and O–H groups in total. The second kappa shape index (κ2) is 7.17. The Morgan fingerprint density at radius 2 is 2.15 bits per heavy atom. The van der Waals surface area contributed by atoms with Gasteiger partial charge in [0.15, 0.2) is 0 Å². The van der Waals surface area contributed by atoms with E-state index in [-0.39, 0.29) is 23.4 Å². The fourth-order valence-corrected chi connectivity index (χ4v) is 4.62. The molecule has 8 heteroatoms. The van der Waals surface area contributed by atoms with Crippen LogP contribution < -0.4 is 5.32 Å². The molecule has 1 saturated heterocycles. The van der Waals surface area contributed by atoms with E-state index < -0.39 is 5.91 Å². The lowest BCUT2D eigenvalue weighted by atomic mass is 9.77. The fourth-order valence-electron chi connectivity index (χ4n) is 4.25. The number of likely N-dealkylation sites (tertiary alicyclic amines) is 1. The van der Waals surface area contributed by atoms with Crippen LogP contribution in [0.4, 0.5) is 0 Å². The number of carbonyl (C=O) groups excluding carboxylic acids is 2. The Morgan fingerprint density at radius 1 is 1.30 bits per heavy atom. The molecule has 1 aromatic heterocycles. The van der Waals surface area contributed by atoms with Gasteiger partial charge in [-0.15, -0.1) is 0 Å². The number of piperidine rings is 1. The maximum absolute atomic E-state index is 12.7. The van der Waals surface area contributed by atoms with Gasteiger partial charge in [0.2, 0.25) is 5.91 Å². The SMILES string of the molecule is O=C(NCC(=O)N1CCCC2(CCc3cn[nH]c32)C1)c1cc(Cl)ccc1Cl. The number of fused-ring (bicyclic) bond motifs is 2. The molecule has 1 aromatic carbocycles. The summed E-state index contributed by atoms with van der Waals surface area (Å²) in [6.07, 6.45) is 5.91. The van der Waals surface area contributed by atoms with Crippen LogP contribution in [0.25, 0.3) is 0 Å². The van der Waals surface area contributed by atoms with Gasteiger partial charge in [0.25, 0.3) is 5.91 Å². The zero-order valence-electron chi connectivity index (χ0n) is 14.7. The number of nitrogens with one attached hydrogen (secondary N) is 2. The maximum Gasteiger partial charge on any atom is 0.253 e. The summed E-state index contributed by atoms with van der Waals surface area (Å²) in [6.45, 7) is 1.31. The first-order chi connectivity index (χ1) is 13.0. The number of H-pyrrole nitrogens is 1. The summed E-state index contributed by atoms with van der Waals surface area (Å²) in [5, 5.41) is 10.7. The highest BCUT2D eigenvalue weighted by atomic mass is 35.5. The molecule has 0 bridgehead atoms. The van der Waals surface area contributed by atoms with Crippen molar-refractivity contribution in [2.24, 2.45) is 0 Å². The van der Waals surface area contributed by atoms with Gasteiger partial charge >= 0.3 is 0 Å². The molecule has 2 amide bonds. The van der Waals surface area contributed by atoms with Gasteiger partial charge in [0, 0.05) is 29.2 Å². The summed E-state index contributed by atoms with van der Waals surface area (Å²) in [4.78, 5) is 26.9. The summed E-state index contributed by atoms with van der Waals surface area (Å²) >= 11 is 12.0. The summed E-state index contributed by atoms with van der Waals surface area (Å²) in [5.41, 5.74) is 2.67. The van der Waals surface area contributed by atoms with Crippen molar-refractivity contribution < 1.29 is 9.59 Å². The minimum Gasteiger partial charge on any atom is -0.343 e. The Balaban J connectivity index is 1.40. The predicted molar refractivity (Wildman–Crippen MR) is 103 cm³/mol. The van der Waals surface area contributed by atoms with E-state index in [0.29, 0.717) is 23.1 Å². The van der Waals surface area contributed by atoms with Crippen LogP contribution in [0.2, 0.25) is 10.0 Å². The monoisotopic (exact) mass is 406 g/mol. The zero-order chi connectivity index (χ0) is 19.0. The molecular weight excluding hydrogens is 387 g/mol. The number of benzene rings is 1. The third-order valence-corrected chi connectivity index (χ3v) is 6.19. The number of nitrogens with zero attached hydrogens (tertiary/aromatic N) is 2. The lowest BCUT2D eigenvalue weighted by Crippen LogP contribution is -2.50. The van der Waals surface area contributed by atoms with Crippen LogP contribution in [0, 0.1) is 0 Å². The second-order valence-electron chi connectivity index (χ2n) is 7.28. The Kier molecular flexibility index (Phi) is 4.86. The van der Waals surface area contributed by atoms with E-state index in [1.807, 2.05) is 11.1 Å². The normalized spacial score (nSPS) is 21.3. The lowest BCUT2D eigenvalue weighted by Gasteiger charge is -2.40. The van der Waals surface area contributed by atoms with Crippen molar-refractivity contribution in [1.29, 1.82) is 0 Å². The molecule has 6 nitrogen and oxygen atoms in total. The molecule has 1 spiro atoms. The highest BCUT2D eigenvalue weighted by Gasteiger charge is 2.44. The van der Waals surface area contributed by atoms with Crippen molar-refractivity contribution in [1.82, 2.24) is 20.4 Å². The van der Waals surface area contributed by atoms with Crippen LogP contribution in [0.15, 0.2) is 24.4 Å². The summed E-state index contributed by atoms with van der Waals surface area (Å²) in [6, 6.07) is 4.68. The van der Waals surface area contributed by atoms with Crippen molar-refractivity contribution in [3.8, 4) is 0 Å². The summed E-state index contributed by atoms with van der Waals surface area (Å²) < 4.78 is 0. The molecule has 1 aliphatic carbocycles. The molecule has 27 heavy (non-hydrogen) atoms. The molecule has 0 radical (unpaired) electrons. The number of aromatic nitrogens is 2. The molecule has 0 saturated carbocycles. The largest absolute Gasteiger partial charge is 0.343 e. The average molecular weight is 407 g/mol. The van der Waals surface area contributed by atoms with Crippen molar-refractivity contribution in [3.05, 3.63) is 51.3 Å². The van der Waals surface area contributed by atoms with E-state index in [4.69, 9.17) is 23.2 Å². The number of hydrogen-bond donors (Lipinski definition) is 2. The van der Waals surface area contributed by atoms with Crippen LogP contribution >= 0.6 is 23.2 Å². The standard InChI is InChI=1S/C19H20Cl2N4O2/c20-13-2-3-15(21)14(8-13)18(27)22-10-16(26)25-7-1-5-19(11-25)6-4-12-9-23-24-17(12)19/h2-3,8-9H,1,4-7,10-11H2,(H,22,27)(H,23,24). The van der Waals surface area contributed by atoms with Crippen molar-refractivity contribution in [3.63, 3.8) is 0 Å². The van der Waals surface area contributed by atoms with Gasteiger partial charge in [-0.3, -0.25) is 14.7 Å². The van der Waals surface area contributed by atoms with E-state index in [1.165, 1.54) is 17.3 Å². The highest BCUT2D eigenvalue weighted by Crippen LogP contribution is 2.43. The molecule has 1 unspecified atom stereocenters. The molecule has 1 fully saturated rings.